The summed E-state index contributed by atoms with van der Waals surface area (Å²) in [4.78, 5) is 29.3. The number of aliphatic hydroxyl groups is 1. The zero-order valence-corrected chi connectivity index (χ0v) is 19.9. The van der Waals surface area contributed by atoms with Crippen molar-refractivity contribution in [3.8, 4) is 0 Å². The van der Waals surface area contributed by atoms with Crippen LogP contribution in [-0.4, -0.2) is 35.3 Å². The molecule has 1 heterocycles. The Bertz CT molecular complexity index is 1210. The molecule has 1 aromatic heterocycles. The average Bonchev–Trinajstić information content (AvgIpc) is 2.83. The zero-order valence-electron chi connectivity index (χ0n) is 19.1. The third-order valence-electron chi connectivity index (χ3n) is 5.71. The molecular formula is C25H26ClF2N3O4. The van der Waals surface area contributed by atoms with Gasteiger partial charge in [0, 0.05) is 30.1 Å². The molecule has 7 nitrogen and oxygen atoms in total. The number of carbonyl (C=O) groups excluding carboxylic acids is 2. The minimum Gasteiger partial charge on any atom is -0.449 e. The number of halogens is 3. The molecule has 1 unspecified atom stereocenters. The van der Waals surface area contributed by atoms with Crippen molar-refractivity contribution in [2.24, 2.45) is 5.41 Å². The van der Waals surface area contributed by atoms with Crippen LogP contribution in [-0.2, 0) is 16.1 Å². The van der Waals surface area contributed by atoms with Crippen molar-refractivity contribution < 1.29 is 28.2 Å². The average molecular weight is 506 g/mol. The quantitative estimate of drug-likeness (QED) is 0.351. The summed E-state index contributed by atoms with van der Waals surface area (Å²) < 4.78 is 32.3. The second-order valence-electron chi connectivity index (χ2n) is 8.36. The highest BCUT2D eigenvalue weighted by molar-refractivity contribution is 6.31. The molecule has 0 aliphatic heterocycles. The second kappa shape index (κ2) is 11.9. The maximum Gasteiger partial charge on any atom is 0.412 e. The number of ether oxygens (including phenoxy) is 1. The van der Waals surface area contributed by atoms with Gasteiger partial charge in [0.2, 0.25) is 5.91 Å². The standard InChI is InChI=1S/C25H26ClF2N3O4/c1-25(8-3-10-32,23(33)30-15-17-4-2-5-20(28)22(17)26)9-11-35-24(34)31-21-13-18-12-19(27)7-6-16(18)14-29-21/h2,4-7,12-14,32H,3,8-11,15H2,1H3,(H,30,33)(H,29,31,34). The number of nitrogens with zero attached hydrogens (tertiary/aromatic N) is 1. The van der Waals surface area contributed by atoms with E-state index < -0.39 is 23.1 Å². The SMILES string of the molecule is CC(CCCO)(CCOC(=O)Nc1cc2cc(F)ccc2cn1)C(=O)NCc1cccc(F)c1Cl. The highest BCUT2D eigenvalue weighted by Crippen LogP contribution is 2.29. The number of rotatable bonds is 10. The van der Waals surface area contributed by atoms with Gasteiger partial charge in [-0.15, -0.1) is 0 Å². The first-order valence-electron chi connectivity index (χ1n) is 11.0. The number of carbonyl (C=O) groups is 2. The van der Waals surface area contributed by atoms with Gasteiger partial charge in [-0.2, -0.15) is 0 Å². The van der Waals surface area contributed by atoms with E-state index in [-0.39, 0.29) is 42.9 Å². The van der Waals surface area contributed by atoms with Crippen molar-refractivity contribution in [3.63, 3.8) is 0 Å². The van der Waals surface area contributed by atoms with Crippen LogP contribution in [0.3, 0.4) is 0 Å². The van der Waals surface area contributed by atoms with Crippen molar-refractivity contribution in [2.75, 3.05) is 18.5 Å². The molecule has 0 aliphatic carbocycles. The fraction of sp³-hybridized carbons (Fsp3) is 0.320. The smallest absolute Gasteiger partial charge is 0.412 e. The molecule has 0 saturated heterocycles. The van der Waals surface area contributed by atoms with Crippen molar-refractivity contribution in [2.45, 2.75) is 32.7 Å². The Labute approximate surface area is 206 Å². The molecular weight excluding hydrogens is 480 g/mol. The molecule has 186 valence electrons. The van der Waals surface area contributed by atoms with E-state index >= 15 is 0 Å². The summed E-state index contributed by atoms with van der Waals surface area (Å²) in [6, 6.07) is 10.1. The third kappa shape index (κ3) is 7.10. The van der Waals surface area contributed by atoms with Crippen molar-refractivity contribution >= 4 is 40.2 Å². The van der Waals surface area contributed by atoms with Crippen LogP contribution in [0.25, 0.3) is 10.8 Å². The van der Waals surface area contributed by atoms with Crippen LogP contribution in [0.4, 0.5) is 19.4 Å². The molecule has 0 spiro atoms. The number of nitrogens with one attached hydrogen (secondary N) is 2. The van der Waals surface area contributed by atoms with E-state index in [1.165, 1.54) is 36.5 Å². The molecule has 1 atom stereocenters. The number of hydrogen-bond donors (Lipinski definition) is 3. The van der Waals surface area contributed by atoms with Gasteiger partial charge < -0.3 is 15.2 Å². The number of benzene rings is 2. The second-order valence-corrected chi connectivity index (χ2v) is 8.73. The highest BCUT2D eigenvalue weighted by Gasteiger charge is 2.33. The Kier molecular flexibility index (Phi) is 8.95. The lowest BCUT2D eigenvalue weighted by molar-refractivity contribution is -0.131. The van der Waals surface area contributed by atoms with Gasteiger partial charge in [0.25, 0.3) is 0 Å². The summed E-state index contributed by atoms with van der Waals surface area (Å²) >= 11 is 5.95. The van der Waals surface area contributed by atoms with Gasteiger partial charge >= 0.3 is 6.09 Å². The summed E-state index contributed by atoms with van der Waals surface area (Å²) in [6.07, 6.45) is 1.62. The van der Waals surface area contributed by atoms with Crippen molar-refractivity contribution in [3.05, 3.63) is 70.9 Å². The number of aliphatic hydroxyl groups excluding tert-OH is 1. The molecule has 0 radical (unpaired) electrons. The number of pyridine rings is 1. The Morgan fingerprint density at radius 3 is 2.71 bits per heavy atom. The van der Waals surface area contributed by atoms with Crippen LogP contribution < -0.4 is 10.6 Å². The van der Waals surface area contributed by atoms with Crippen LogP contribution in [0.1, 0.15) is 31.7 Å². The van der Waals surface area contributed by atoms with Gasteiger partial charge in [-0.1, -0.05) is 30.7 Å². The van der Waals surface area contributed by atoms with Crippen LogP contribution >= 0.6 is 11.6 Å². The molecule has 35 heavy (non-hydrogen) atoms. The van der Waals surface area contributed by atoms with E-state index in [2.05, 4.69) is 15.6 Å². The van der Waals surface area contributed by atoms with E-state index in [1.807, 2.05) is 0 Å². The van der Waals surface area contributed by atoms with Crippen LogP contribution in [0.2, 0.25) is 5.02 Å². The number of amides is 2. The predicted molar refractivity (Wildman–Crippen MR) is 129 cm³/mol. The normalized spacial score (nSPS) is 12.7. The number of aromatic nitrogens is 1. The molecule has 3 N–H and O–H groups in total. The van der Waals surface area contributed by atoms with Gasteiger partial charge in [-0.25, -0.2) is 18.6 Å². The fourth-order valence-corrected chi connectivity index (χ4v) is 3.78. The molecule has 2 amide bonds. The highest BCUT2D eigenvalue weighted by atomic mass is 35.5. The molecule has 0 saturated carbocycles. The number of hydrogen-bond acceptors (Lipinski definition) is 5. The Balaban J connectivity index is 1.56. The van der Waals surface area contributed by atoms with Gasteiger partial charge in [0.15, 0.2) is 0 Å². The van der Waals surface area contributed by atoms with Gasteiger partial charge in [-0.3, -0.25) is 10.1 Å². The summed E-state index contributed by atoms with van der Waals surface area (Å²) in [5.74, 6) is -1.13. The fourth-order valence-electron chi connectivity index (χ4n) is 3.58. The van der Waals surface area contributed by atoms with Crippen molar-refractivity contribution in [1.29, 1.82) is 0 Å². The largest absolute Gasteiger partial charge is 0.449 e. The Hall–Kier alpha value is -3.30. The van der Waals surface area contributed by atoms with E-state index in [0.717, 1.165) is 5.39 Å². The first-order valence-corrected chi connectivity index (χ1v) is 11.4. The monoisotopic (exact) mass is 505 g/mol. The molecule has 0 bridgehead atoms. The molecule has 3 rings (SSSR count). The molecule has 0 fully saturated rings. The lowest BCUT2D eigenvalue weighted by Crippen LogP contribution is -2.40. The van der Waals surface area contributed by atoms with E-state index in [1.54, 1.807) is 19.1 Å². The van der Waals surface area contributed by atoms with Gasteiger partial charge in [0.1, 0.15) is 17.5 Å². The number of anilines is 1. The van der Waals surface area contributed by atoms with Crippen LogP contribution in [0, 0.1) is 17.0 Å². The van der Waals surface area contributed by atoms with E-state index in [0.29, 0.717) is 23.8 Å². The van der Waals surface area contributed by atoms with Crippen LogP contribution in [0.15, 0.2) is 48.7 Å². The van der Waals surface area contributed by atoms with E-state index in [9.17, 15) is 23.5 Å². The maximum atomic E-state index is 13.6. The summed E-state index contributed by atoms with van der Waals surface area (Å²) in [5.41, 5.74) is -0.524. The van der Waals surface area contributed by atoms with E-state index in [4.69, 9.17) is 16.3 Å². The summed E-state index contributed by atoms with van der Waals surface area (Å²) in [5, 5.41) is 15.7. The van der Waals surface area contributed by atoms with Crippen LogP contribution in [0.5, 0.6) is 0 Å². The zero-order chi connectivity index (χ0) is 25.4. The lowest BCUT2D eigenvalue weighted by Gasteiger charge is -2.28. The lowest BCUT2D eigenvalue weighted by atomic mass is 9.81. The molecule has 10 heteroatoms. The summed E-state index contributed by atoms with van der Waals surface area (Å²) in [7, 11) is 0. The topological polar surface area (TPSA) is 101 Å². The molecule has 0 aliphatic rings. The summed E-state index contributed by atoms with van der Waals surface area (Å²) in [6.45, 7) is 1.55. The molecule has 2 aromatic carbocycles. The Morgan fingerprint density at radius 1 is 1.14 bits per heavy atom. The minimum atomic E-state index is -0.957. The third-order valence-corrected chi connectivity index (χ3v) is 6.13. The minimum absolute atomic E-state index is 0.0275. The first kappa shape index (κ1) is 26.3. The molecule has 3 aromatic rings. The van der Waals surface area contributed by atoms with Crippen molar-refractivity contribution in [1.82, 2.24) is 10.3 Å². The maximum absolute atomic E-state index is 13.6. The Morgan fingerprint density at radius 2 is 1.94 bits per heavy atom. The predicted octanol–water partition coefficient (Wildman–Crippen LogP) is 5.20. The number of fused-ring (bicyclic) bond motifs is 1. The van der Waals surface area contributed by atoms with Gasteiger partial charge in [0.05, 0.1) is 11.6 Å². The first-order chi connectivity index (χ1) is 16.7. The van der Waals surface area contributed by atoms with Gasteiger partial charge in [-0.05, 0) is 60.5 Å².